The summed E-state index contributed by atoms with van der Waals surface area (Å²) in [5, 5.41) is 2.97. The van der Waals surface area contributed by atoms with Crippen LogP contribution in [0, 0.1) is 0 Å². The third-order valence-corrected chi connectivity index (χ3v) is 4.17. The van der Waals surface area contributed by atoms with Gasteiger partial charge in [0.25, 0.3) is 0 Å². The molecular weight excluding hydrogens is 210 g/mol. The lowest BCUT2D eigenvalue weighted by Crippen LogP contribution is -2.33. The van der Waals surface area contributed by atoms with Crippen LogP contribution in [-0.4, -0.2) is 5.91 Å². The molecule has 0 saturated heterocycles. The van der Waals surface area contributed by atoms with E-state index < -0.39 is 0 Å². The maximum absolute atomic E-state index is 11.7. The van der Waals surface area contributed by atoms with Crippen LogP contribution in [0.25, 0.3) is 0 Å². The predicted molar refractivity (Wildman–Crippen MR) is 68.0 cm³/mol. The Bertz CT molecular complexity index is 464. The van der Waals surface area contributed by atoms with E-state index in [2.05, 4.69) is 17.4 Å². The molecule has 1 N–H and O–H groups in total. The van der Waals surface area contributed by atoms with Gasteiger partial charge in [-0.25, -0.2) is 0 Å². The summed E-state index contributed by atoms with van der Waals surface area (Å²) in [4.78, 5) is 11.7. The second-order valence-corrected chi connectivity index (χ2v) is 5.32. The van der Waals surface area contributed by atoms with Crippen molar-refractivity contribution < 1.29 is 4.79 Å². The quantitative estimate of drug-likeness (QED) is 0.681. The standard InChI is InChI=1S/C15H19NO/c1-10-14-8-12-6-4-2-3-5-11(12)7-13(14)9-16-15(10)17/h7-8,10H,2-6,9H2,1H3,(H,16,17). The molecule has 0 spiro atoms. The second kappa shape index (κ2) is 4.17. The van der Waals surface area contributed by atoms with E-state index in [-0.39, 0.29) is 11.8 Å². The number of benzene rings is 1. The zero-order valence-electron chi connectivity index (χ0n) is 10.4. The summed E-state index contributed by atoms with van der Waals surface area (Å²) in [6.07, 6.45) is 6.36. The number of carbonyl (C=O) groups is 1. The minimum atomic E-state index is 0.0207. The van der Waals surface area contributed by atoms with E-state index in [1.807, 2.05) is 6.92 Å². The molecule has 1 aliphatic heterocycles. The number of rotatable bonds is 0. The van der Waals surface area contributed by atoms with Crippen molar-refractivity contribution in [3.8, 4) is 0 Å². The monoisotopic (exact) mass is 229 g/mol. The molecule has 0 fully saturated rings. The van der Waals surface area contributed by atoms with E-state index in [0.29, 0.717) is 6.54 Å². The van der Waals surface area contributed by atoms with Gasteiger partial charge in [-0.15, -0.1) is 0 Å². The third-order valence-electron chi connectivity index (χ3n) is 4.17. The summed E-state index contributed by atoms with van der Waals surface area (Å²) in [6.45, 7) is 2.72. The Morgan fingerprint density at radius 3 is 2.53 bits per heavy atom. The molecule has 1 unspecified atom stereocenters. The first-order chi connectivity index (χ1) is 8.25. The first-order valence-corrected chi connectivity index (χ1v) is 6.68. The predicted octanol–water partition coefficient (Wildman–Crippen LogP) is 2.69. The lowest BCUT2D eigenvalue weighted by Gasteiger charge is -2.24. The molecule has 1 atom stereocenters. The van der Waals surface area contributed by atoms with Crippen LogP contribution < -0.4 is 5.32 Å². The molecule has 1 aliphatic carbocycles. The largest absolute Gasteiger partial charge is 0.351 e. The molecule has 2 aliphatic rings. The lowest BCUT2D eigenvalue weighted by atomic mass is 9.87. The van der Waals surface area contributed by atoms with E-state index in [1.165, 1.54) is 54.4 Å². The summed E-state index contributed by atoms with van der Waals surface area (Å²) in [5.74, 6) is 0.193. The average Bonchev–Trinajstić information content (AvgIpc) is 2.57. The molecule has 0 aromatic heterocycles. The van der Waals surface area contributed by atoms with Crippen molar-refractivity contribution in [2.45, 2.75) is 51.5 Å². The molecule has 0 radical (unpaired) electrons. The van der Waals surface area contributed by atoms with Crippen LogP contribution in [-0.2, 0) is 24.2 Å². The maximum atomic E-state index is 11.7. The fourth-order valence-electron chi connectivity index (χ4n) is 3.07. The highest BCUT2D eigenvalue weighted by atomic mass is 16.1. The molecule has 2 nitrogen and oxygen atoms in total. The molecule has 2 heteroatoms. The van der Waals surface area contributed by atoms with Crippen molar-refractivity contribution in [1.82, 2.24) is 5.32 Å². The summed E-state index contributed by atoms with van der Waals surface area (Å²) >= 11 is 0. The summed E-state index contributed by atoms with van der Waals surface area (Å²) in [7, 11) is 0. The lowest BCUT2D eigenvalue weighted by molar-refractivity contribution is -0.122. The molecule has 1 heterocycles. The zero-order valence-corrected chi connectivity index (χ0v) is 10.4. The minimum Gasteiger partial charge on any atom is -0.351 e. The third kappa shape index (κ3) is 1.86. The Morgan fingerprint density at radius 1 is 1.06 bits per heavy atom. The molecule has 0 saturated carbocycles. The summed E-state index contributed by atoms with van der Waals surface area (Å²) in [5.41, 5.74) is 5.60. The van der Waals surface area contributed by atoms with Gasteiger partial charge in [-0.2, -0.15) is 0 Å². The number of nitrogens with one attached hydrogen (secondary N) is 1. The highest BCUT2D eigenvalue weighted by Crippen LogP contribution is 2.30. The van der Waals surface area contributed by atoms with Gasteiger partial charge in [0.2, 0.25) is 5.91 Å². The Balaban J connectivity index is 2.07. The van der Waals surface area contributed by atoms with E-state index in [9.17, 15) is 4.79 Å². The Hall–Kier alpha value is -1.31. The van der Waals surface area contributed by atoms with Gasteiger partial charge in [0.05, 0.1) is 5.92 Å². The van der Waals surface area contributed by atoms with Gasteiger partial charge in [-0.1, -0.05) is 18.6 Å². The van der Waals surface area contributed by atoms with E-state index in [4.69, 9.17) is 0 Å². The minimum absolute atomic E-state index is 0.0207. The van der Waals surface area contributed by atoms with Crippen LogP contribution in [0.2, 0.25) is 0 Å². The molecule has 17 heavy (non-hydrogen) atoms. The number of hydrogen-bond donors (Lipinski definition) is 1. The molecule has 1 aromatic rings. The van der Waals surface area contributed by atoms with Crippen molar-refractivity contribution in [2.75, 3.05) is 0 Å². The SMILES string of the molecule is CC1C(=O)NCc2cc3c(cc21)CCCCC3. The topological polar surface area (TPSA) is 29.1 Å². The maximum Gasteiger partial charge on any atom is 0.227 e. The van der Waals surface area contributed by atoms with Gasteiger partial charge >= 0.3 is 0 Å². The number of amides is 1. The smallest absolute Gasteiger partial charge is 0.227 e. The van der Waals surface area contributed by atoms with Crippen LogP contribution in [0.4, 0.5) is 0 Å². The first-order valence-electron chi connectivity index (χ1n) is 6.68. The first kappa shape index (κ1) is 10.8. The Labute approximate surface area is 102 Å². The van der Waals surface area contributed by atoms with Gasteiger partial charge in [0, 0.05) is 6.54 Å². The Morgan fingerprint density at radius 2 is 1.76 bits per heavy atom. The van der Waals surface area contributed by atoms with Gasteiger partial charge in [-0.3, -0.25) is 4.79 Å². The molecule has 3 rings (SSSR count). The number of aryl methyl sites for hydroxylation is 2. The number of carbonyl (C=O) groups excluding carboxylic acids is 1. The van der Waals surface area contributed by atoms with Crippen LogP contribution in [0.5, 0.6) is 0 Å². The van der Waals surface area contributed by atoms with Crippen molar-refractivity contribution in [3.05, 3.63) is 34.4 Å². The zero-order chi connectivity index (χ0) is 11.8. The highest BCUT2D eigenvalue weighted by Gasteiger charge is 2.24. The number of fused-ring (bicyclic) bond motifs is 2. The van der Waals surface area contributed by atoms with Crippen molar-refractivity contribution in [2.24, 2.45) is 0 Å². The van der Waals surface area contributed by atoms with E-state index in [1.54, 1.807) is 0 Å². The van der Waals surface area contributed by atoms with Crippen molar-refractivity contribution >= 4 is 5.91 Å². The van der Waals surface area contributed by atoms with Gasteiger partial charge < -0.3 is 5.32 Å². The van der Waals surface area contributed by atoms with Gasteiger partial charge in [0.1, 0.15) is 0 Å². The molecular formula is C15H19NO. The van der Waals surface area contributed by atoms with E-state index >= 15 is 0 Å². The van der Waals surface area contributed by atoms with E-state index in [0.717, 1.165) is 0 Å². The molecule has 90 valence electrons. The van der Waals surface area contributed by atoms with Crippen molar-refractivity contribution in [3.63, 3.8) is 0 Å². The normalized spacial score (nSPS) is 23.4. The van der Waals surface area contributed by atoms with Crippen LogP contribution in [0.15, 0.2) is 12.1 Å². The fraction of sp³-hybridized carbons (Fsp3) is 0.533. The van der Waals surface area contributed by atoms with Gasteiger partial charge in [-0.05, 0) is 54.9 Å². The molecule has 1 aromatic carbocycles. The molecule has 1 amide bonds. The van der Waals surface area contributed by atoms with Crippen molar-refractivity contribution in [1.29, 1.82) is 0 Å². The number of hydrogen-bond acceptors (Lipinski definition) is 1. The summed E-state index contributed by atoms with van der Waals surface area (Å²) < 4.78 is 0. The molecule has 0 bridgehead atoms. The van der Waals surface area contributed by atoms with Crippen LogP contribution >= 0.6 is 0 Å². The summed E-state index contributed by atoms with van der Waals surface area (Å²) in [6, 6.07) is 4.64. The van der Waals surface area contributed by atoms with Crippen LogP contribution in [0.3, 0.4) is 0 Å². The average molecular weight is 229 g/mol. The van der Waals surface area contributed by atoms with Gasteiger partial charge in [0.15, 0.2) is 0 Å². The highest BCUT2D eigenvalue weighted by molar-refractivity contribution is 5.85. The van der Waals surface area contributed by atoms with Crippen LogP contribution in [0.1, 0.15) is 54.4 Å². The second-order valence-electron chi connectivity index (χ2n) is 5.32. The fourth-order valence-corrected chi connectivity index (χ4v) is 3.07. The Kier molecular flexibility index (Phi) is 2.65.